The fraction of sp³-hybridized carbons (Fsp3) is 0.667. The second-order valence-corrected chi connectivity index (χ2v) is 6.52. The maximum absolute atomic E-state index is 10.6. The van der Waals surface area contributed by atoms with Gasteiger partial charge in [-0.05, 0) is 43.6 Å². The largest absolute Gasteiger partial charge is 0.481 e. The average molecular weight is 281 g/mol. The van der Waals surface area contributed by atoms with Crippen molar-refractivity contribution in [1.29, 1.82) is 0 Å². The van der Waals surface area contributed by atoms with Crippen molar-refractivity contribution < 1.29 is 9.90 Å². The molecule has 106 valence electrons. The third-order valence-electron chi connectivity index (χ3n) is 3.98. The normalized spacial score (nSPS) is 19.4. The summed E-state index contributed by atoms with van der Waals surface area (Å²) >= 11 is 1.81. The van der Waals surface area contributed by atoms with Gasteiger partial charge in [0.15, 0.2) is 0 Å². The minimum Gasteiger partial charge on any atom is -0.481 e. The Kier molecular flexibility index (Phi) is 5.40. The van der Waals surface area contributed by atoms with Crippen LogP contribution in [0.25, 0.3) is 0 Å². The Bertz CT molecular complexity index is 385. The highest BCUT2D eigenvalue weighted by atomic mass is 32.1. The number of carbonyl (C=O) groups is 1. The lowest BCUT2D eigenvalue weighted by molar-refractivity contribution is -0.137. The van der Waals surface area contributed by atoms with Crippen LogP contribution < -0.4 is 5.32 Å². The Labute approximate surface area is 119 Å². The van der Waals surface area contributed by atoms with Crippen molar-refractivity contribution in [2.45, 2.75) is 57.5 Å². The van der Waals surface area contributed by atoms with E-state index in [1.807, 2.05) is 0 Å². The Hall–Kier alpha value is -0.870. The maximum atomic E-state index is 10.6. The highest BCUT2D eigenvalue weighted by Crippen LogP contribution is 2.37. The zero-order chi connectivity index (χ0) is 13.7. The molecule has 1 aliphatic rings. The first kappa shape index (κ1) is 14.5. The first-order chi connectivity index (χ1) is 9.16. The first-order valence-electron chi connectivity index (χ1n) is 7.18. The molecule has 1 aromatic rings. The lowest BCUT2D eigenvalue weighted by Gasteiger charge is -2.27. The van der Waals surface area contributed by atoms with Gasteiger partial charge in [-0.2, -0.15) is 0 Å². The average Bonchev–Trinajstić information content (AvgIpc) is 3.05. The molecule has 1 fully saturated rings. The van der Waals surface area contributed by atoms with Gasteiger partial charge in [-0.1, -0.05) is 18.9 Å². The molecule has 0 spiro atoms. The van der Waals surface area contributed by atoms with E-state index in [0.717, 1.165) is 0 Å². The van der Waals surface area contributed by atoms with Crippen molar-refractivity contribution >= 4 is 17.3 Å². The SMILES string of the molecule is CC(CCC(=O)O)NC(c1cccs1)C1CCCC1. The molecule has 0 bridgehead atoms. The van der Waals surface area contributed by atoms with Gasteiger partial charge >= 0.3 is 5.97 Å². The molecule has 2 atom stereocenters. The molecule has 0 saturated heterocycles. The van der Waals surface area contributed by atoms with Crippen LogP contribution in [0.5, 0.6) is 0 Å². The predicted molar refractivity (Wildman–Crippen MR) is 78.5 cm³/mol. The molecule has 2 unspecified atom stereocenters. The molecule has 1 heterocycles. The summed E-state index contributed by atoms with van der Waals surface area (Å²) in [7, 11) is 0. The highest BCUT2D eigenvalue weighted by molar-refractivity contribution is 7.10. The smallest absolute Gasteiger partial charge is 0.303 e. The molecule has 0 radical (unpaired) electrons. The number of thiophene rings is 1. The molecule has 1 aromatic heterocycles. The standard InChI is InChI=1S/C15H23NO2S/c1-11(8-9-14(17)18)16-15(12-5-2-3-6-12)13-7-4-10-19-13/h4,7,10-12,15-16H,2-3,5-6,8-9H2,1H3,(H,17,18). The van der Waals surface area contributed by atoms with Crippen LogP contribution >= 0.6 is 11.3 Å². The Balaban J connectivity index is 1.95. The summed E-state index contributed by atoms with van der Waals surface area (Å²) in [5.41, 5.74) is 0. The number of nitrogens with one attached hydrogen (secondary N) is 1. The minimum absolute atomic E-state index is 0.246. The van der Waals surface area contributed by atoms with Gasteiger partial charge in [-0.25, -0.2) is 0 Å². The molecule has 0 aromatic carbocycles. The van der Waals surface area contributed by atoms with E-state index in [4.69, 9.17) is 5.11 Å². The topological polar surface area (TPSA) is 49.3 Å². The Morgan fingerprint density at radius 3 is 2.84 bits per heavy atom. The van der Waals surface area contributed by atoms with E-state index in [9.17, 15) is 4.79 Å². The summed E-state index contributed by atoms with van der Waals surface area (Å²) < 4.78 is 0. The minimum atomic E-state index is -0.706. The summed E-state index contributed by atoms with van der Waals surface area (Å²) in [6.45, 7) is 2.10. The fourth-order valence-electron chi connectivity index (χ4n) is 2.94. The first-order valence-corrected chi connectivity index (χ1v) is 8.06. The van der Waals surface area contributed by atoms with Crippen molar-refractivity contribution in [3.63, 3.8) is 0 Å². The second-order valence-electron chi connectivity index (χ2n) is 5.54. The molecule has 1 saturated carbocycles. The van der Waals surface area contributed by atoms with Gasteiger partial charge in [0, 0.05) is 23.4 Å². The lowest BCUT2D eigenvalue weighted by atomic mass is 9.95. The van der Waals surface area contributed by atoms with E-state index < -0.39 is 5.97 Å². The third-order valence-corrected chi connectivity index (χ3v) is 4.93. The van der Waals surface area contributed by atoms with Crippen LogP contribution in [0.15, 0.2) is 17.5 Å². The molecule has 2 N–H and O–H groups in total. The molecule has 1 aliphatic carbocycles. The molecular weight excluding hydrogens is 258 g/mol. The van der Waals surface area contributed by atoms with Crippen LogP contribution in [-0.4, -0.2) is 17.1 Å². The van der Waals surface area contributed by atoms with Gasteiger partial charge in [-0.3, -0.25) is 4.79 Å². The second kappa shape index (κ2) is 7.06. The number of carboxylic acid groups (broad SMARTS) is 1. The monoisotopic (exact) mass is 281 g/mol. The van der Waals surface area contributed by atoms with E-state index in [2.05, 4.69) is 29.8 Å². The van der Waals surface area contributed by atoms with Crippen LogP contribution in [0, 0.1) is 5.92 Å². The molecular formula is C15H23NO2S. The van der Waals surface area contributed by atoms with Crippen LogP contribution in [0.4, 0.5) is 0 Å². The van der Waals surface area contributed by atoms with Crippen molar-refractivity contribution in [2.75, 3.05) is 0 Å². The van der Waals surface area contributed by atoms with E-state index in [1.165, 1.54) is 30.6 Å². The molecule has 0 aliphatic heterocycles. The summed E-state index contributed by atoms with van der Waals surface area (Å²) in [5.74, 6) is 0.00752. The van der Waals surface area contributed by atoms with Crippen molar-refractivity contribution in [2.24, 2.45) is 5.92 Å². The van der Waals surface area contributed by atoms with E-state index in [-0.39, 0.29) is 12.5 Å². The Morgan fingerprint density at radius 2 is 2.26 bits per heavy atom. The molecule has 0 amide bonds. The number of hydrogen-bond donors (Lipinski definition) is 2. The summed E-state index contributed by atoms with van der Waals surface area (Å²) in [6.07, 6.45) is 6.19. The van der Waals surface area contributed by atoms with Crippen LogP contribution in [-0.2, 0) is 4.79 Å². The Morgan fingerprint density at radius 1 is 1.53 bits per heavy atom. The van der Waals surface area contributed by atoms with E-state index in [1.54, 1.807) is 11.3 Å². The summed E-state index contributed by atoms with van der Waals surface area (Å²) in [5, 5.41) is 14.6. The zero-order valence-corrected chi connectivity index (χ0v) is 12.3. The van der Waals surface area contributed by atoms with E-state index in [0.29, 0.717) is 18.4 Å². The van der Waals surface area contributed by atoms with Gasteiger partial charge in [0.05, 0.1) is 0 Å². The van der Waals surface area contributed by atoms with Crippen LogP contribution in [0.3, 0.4) is 0 Å². The van der Waals surface area contributed by atoms with E-state index >= 15 is 0 Å². The maximum Gasteiger partial charge on any atom is 0.303 e. The zero-order valence-electron chi connectivity index (χ0n) is 11.5. The lowest BCUT2D eigenvalue weighted by Crippen LogP contribution is -2.34. The van der Waals surface area contributed by atoms with Crippen LogP contribution in [0.2, 0.25) is 0 Å². The van der Waals surface area contributed by atoms with Gasteiger partial charge in [0.1, 0.15) is 0 Å². The quantitative estimate of drug-likeness (QED) is 0.798. The molecule has 2 rings (SSSR count). The summed E-state index contributed by atoms with van der Waals surface area (Å²) in [4.78, 5) is 12.0. The summed E-state index contributed by atoms with van der Waals surface area (Å²) in [6, 6.07) is 4.96. The third kappa shape index (κ3) is 4.32. The van der Waals surface area contributed by atoms with Gasteiger partial charge in [0.2, 0.25) is 0 Å². The van der Waals surface area contributed by atoms with Crippen molar-refractivity contribution in [3.8, 4) is 0 Å². The number of aliphatic carboxylic acids is 1. The molecule has 3 nitrogen and oxygen atoms in total. The highest BCUT2D eigenvalue weighted by Gasteiger charge is 2.27. The van der Waals surface area contributed by atoms with Crippen molar-refractivity contribution in [3.05, 3.63) is 22.4 Å². The van der Waals surface area contributed by atoms with Gasteiger partial charge in [0.25, 0.3) is 0 Å². The van der Waals surface area contributed by atoms with Gasteiger partial charge < -0.3 is 10.4 Å². The van der Waals surface area contributed by atoms with Gasteiger partial charge in [-0.15, -0.1) is 11.3 Å². The fourth-order valence-corrected chi connectivity index (χ4v) is 3.82. The van der Waals surface area contributed by atoms with Crippen molar-refractivity contribution in [1.82, 2.24) is 5.32 Å². The predicted octanol–water partition coefficient (Wildman–Crippen LogP) is 3.82. The number of rotatable bonds is 7. The molecule has 4 heteroatoms. The van der Waals surface area contributed by atoms with Crippen LogP contribution in [0.1, 0.15) is 56.4 Å². The number of carboxylic acids is 1. The molecule has 19 heavy (non-hydrogen) atoms. The number of hydrogen-bond acceptors (Lipinski definition) is 3.